The van der Waals surface area contributed by atoms with Crippen molar-refractivity contribution < 1.29 is 4.79 Å². The molecule has 0 atom stereocenters. The van der Waals surface area contributed by atoms with E-state index in [4.69, 9.17) is 0 Å². The van der Waals surface area contributed by atoms with Crippen LogP contribution in [0.5, 0.6) is 0 Å². The van der Waals surface area contributed by atoms with Crippen LogP contribution in [-0.2, 0) is 0 Å². The fourth-order valence-electron chi connectivity index (χ4n) is 4.40. The summed E-state index contributed by atoms with van der Waals surface area (Å²) in [6.45, 7) is 2.46. The SMILES string of the molecule is O=C(NCCC1=CCCCC1)N1CCC(c2c[nH]c3ccccc23)CC1. The van der Waals surface area contributed by atoms with Crippen LogP contribution in [0.4, 0.5) is 4.79 Å². The van der Waals surface area contributed by atoms with E-state index < -0.39 is 0 Å². The number of hydrogen-bond donors (Lipinski definition) is 2. The second-order valence-corrected chi connectivity index (χ2v) is 7.64. The Kier molecular flexibility index (Phi) is 5.28. The first kappa shape index (κ1) is 17.2. The number of nitrogens with one attached hydrogen (secondary N) is 2. The number of carbonyl (C=O) groups is 1. The molecule has 2 aliphatic rings. The molecule has 4 heteroatoms. The van der Waals surface area contributed by atoms with E-state index in [1.165, 1.54) is 47.7 Å². The molecule has 0 unspecified atom stereocenters. The van der Waals surface area contributed by atoms with Gasteiger partial charge in [-0.2, -0.15) is 0 Å². The van der Waals surface area contributed by atoms with Crippen LogP contribution >= 0.6 is 0 Å². The average Bonchev–Trinajstić information content (AvgIpc) is 3.13. The zero-order valence-electron chi connectivity index (χ0n) is 15.5. The van der Waals surface area contributed by atoms with Gasteiger partial charge in [0.2, 0.25) is 0 Å². The van der Waals surface area contributed by atoms with Crippen molar-refractivity contribution in [2.24, 2.45) is 0 Å². The third kappa shape index (κ3) is 3.79. The van der Waals surface area contributed by atoms with Crippen molar-refractivity contribution in [1.29, 1.82) is 0 Å². The molecule has 26 heavy (non-hydrogen) atoms. The van der Waals surface area contributed by atoms with Gasteiger partial charge in [-0.05, 0) is 62.5 Å². The summed E-state index contributed by atoms with van der Waals surface area (Å²) in [6.07, 6.45) is 12.7. The maximum absolute atomic E-state index is 12.4. The van der Waals surface area contributed by atoms with Gasteiger partial charge in [-0.1, -0.05) is 29.8 Å². The van der Waals surface area contributed by atoms with Gasteiger partial charge >= 0.3 is 6.03 Å². The van der Waals surface area contributed by atoms with Crippen molar-refractivity contribution >= 4 is 16.9 Å². The lowest BCUT2D eigenvalue weighted by molar-refractivity contribution is 0.181. The van der Waals surface area contributed by atoms with Crippen LogP contribution in [-0.4, -0.2) is 35.5 Å². The molecule has 4 rings (SSSR count). The predicted octanol–water partition coefficient (Wildman–Crippen LogP) is 4.95. The summed E-state index contributed by atoms with van der Waals surface area (Å²) < 4.78 is 0. The van der Waals surface area contributed by atoms with E-state index in [2.05, 4.69) is 46.8 Å². The lowest BCUT2D eigenvalue weighted by Crippen LogP contribution is -2.44. The van der Waals surface area contributed by atoms with E-state index in [0.717, 1.165) is 38.9 Å². The minimum absolute atomic E-state index is 0.110. The second-order valence-electron chi connectivity index (χ2n) is 7.64. The number of likely N-dealkylation sites (tertiary alicyclic amines) is 1. The van der Waals surface area contributed by atoms with Crippen molar-refractivity contribution in [3.8, 4) is 0 Å². The van der Waals surface area contributed by atoms with Gasteiger partial charge < -0.3 is 15.2 Å². The molecule has 0 spiro atoms. The summed E-state index contributed by atoms with van der Waals surface area (Å²) in [5, 5.41) is 4.45. The maximum atomic E-state index is 12.4. The molecule has 4 nitrogen and oxygen atoms in total. The molecule has 2 heterocycles. The smallest absolute Gasteiger partial charge is 0.317 e. The Morgan fingerprint density at radius 1 is 1.19 bits per heavy atom. The van der Waals surface area contributed by atoms with E-state index in [1.54, 1.807) is 0 Å². The van der Waals surface area contributed by atoms with Crippen LogP contribution in [0.1, 0.15) is 56.4 Å². The summed E-state index contributed by atoms with van der Waals surface area (Å²) in [5.74, 6) is 0.544. The summed E-state index contributed by atoms with van der Waals surface area (Å²) >= 11 is 0. The fourth-order valence-corrected chi connectivity index (χ4v) is 4.40. The van der Waals surface area contributed by atoms with Crippen molar-refractivity contribution in [3.05, 3.63) is 47.7 Å². The zero-order chi connectivity index (χ0) is 17.8. The molecule has 138 valence electrons. The molecule has 1 aliphatic heterocycles. The molecule has 2 aromatic rings. The van der Waals surface area contributed by atoms with Crippen LogP contribution in [0.15, 0.2) is 42.1 Å². The lowest BCUT2D eigenvalue weighted by atomic mass is 9.89. The number of para-hydroxylation sites is 1. The molecular weight excluding hydrogens is 322 g/mol. The Morgan fingerprint density at radius 3 is 2.85 bits per heavy atom. The topological polar surface area (TPSA) is 48.1 Å². The number of amides is 2. The van der Waals surface area contributed by atoms with Crippen LogP contribution in [0, 0.1) is 0 Å². The van der Waals surface area contributed by atoms with Crippen molar-refractivity contribution in [2.75, 3.05) is 19.6 Å². The summed E-state index contributed by atoms with van der Waals surface area (Å²) in [5.41, 5.74) is 4.14. The molecule has 2 N–H and O–H groups in total. The number of urea groups is 1. The Bertz CT molecular complexity index is 784. The van der Waals surface area contributed by atoms with Gasteiger partial charge in [0.25, 0.3) is 0 Å². The third-order valence-electron chi connectivity index (χ3n) is 5.95. The highest BCUT2D eigenvalue weighted by atomic mass is 16.2. The van der Waals surface area contributed by atoms with Crippen molar-refractivity contribution in [3.63, 3.8) is 0 Å². The van der Waals surface area contributed by atoms with Gasteiger partial charge in [0.1, 0.15) is 0 Å². The standard InChI is InChI=1S/C22H29N3O/c26-22(23-13-10-17-6-2-1-3-7-17)25-14-11-18(12-15-25)20-16-24-21-9-5-4-8-19(20)21/h4-6,8-9,16,18,24H,1-3,7,10-15H2,(H,23,26). The Labute approximate surface area is 155 Å². The molecule has 1 aliphatic carbocycles. The number of allylic oxidation sites excluding steroid dienone is 1. The number of rotatable bonds is 4. The average molecular weight is 351 g/mol. The number of nitrogens with zero attached hydrogens (tertiary/aromatic N) is 1. The molecule has 1 saturated heterocycles. The highest BCUT2D eigenvalue weighted by Crippen LogP contribution is 2.33. The van der Waals surface area contributed by atoms with E-state index in [9.17, 15) is 4.79 Å². The van der Waals surface area contributed by atoms with Crippen LogP contribution in [0.25, 0.3) is 10.9 Å². The van der Waals surface area contributed by atoms with E-state index in [1.807, 2.05) is 4.90 Å². The Morgan fingerprint density at radius 2 is 2.04 bits per heavy atom. The Balaban J connectivity index is 1.26. The zero-order valence-corrected chi connectivity index (χ0v) is 15.5. The molecule has 1 aromatic heterocycles. The molecule has 2 amide bonds. The number of hydrogen-bond acceptors (Lipinski definition) is 1. The van der Waals surface area contributed by atoms with Crippen LogP contribution in [0.2, 0.25) is 0 Å². The minimum atomic E-state index is 0.110. The highest BCUT2D eigenvalue weighted by molar-refractivity contribution is 5.83. The van der Waals surface area contributed by atoms with Gasteiger partial charge in [-0.25, -0.2) is 4.79 Å². The number of fused-ring (bicyclic) bond motifs is 1. The first-order chi connectivity index (χ1) is 12.8. The first-order valence-electron chi connectivity index (χ1n) is 10.1. The highest BCUT2D eigenvalue weighted by Gasteiger charge is 2.25. The molecule has 1 aromatic carbocycles. The summed E-state index contributed by atoms with van der Waals surface area (Å²) in [4.78, 5) is 17.8. The molecule has 0 saturated carbocycles. The largest absolute Gasteiger partial charge is 0.361 e. The number of carbonyl (C=O) groups excluding carboxylic acids is 1. The Hall–Kier alpha value is -2.23. The minimum Gasteiger partial charge on any atom is -0.361 e. The number of benzene rings is 1. The fraction of sp³-hybridized carbons (Fsp3) is 0.500. The van der Waals surface area contributed by atoms with Crippen LogP contribution < -0.4 is 5.32 Å². The quantitative estimate of drug-likeness (QED) is 0.753. The monoisotopic (exact) mass is 351 g/mol. The van der Waals surface area contributed by atoms with Gasteiger partial charge in [0.05, 0.1) is 0 Å². The number of aromatic nitrogens is 1. The van der Waals surface area contributed by atoms with E-state index in [0.29, 0.717) is 5.92 Å². The van der Waals surface area contributed by atoms with Gasteiger partial charge in [0.15, 0.2) is 0 Å². The molecule has 1 fully saturated rings. The van der Waals surface area contributed by atoms with Crippen molar-refractivity contribution in [1.82, 2.24) is 15.2 Å². The van der Waals surface area contributed by atoms with Gasteiger partial charge in [0, 0.05) is 36.7 Å². The lowest BCUT2D eigenvalue weighted by Gasteiger charge is -2.32. The van der Waals surface area contributed by atoms with Crippen molar-refractivity contribution in [2.45, 2.75) is 50.9 Å². The molecular formula is C22H29N3O. The number of aromatic amines is 1. The number of H-pyrrole nitrogens is 1. The third-order valence-corrected chi connectivity index (χ3v) is 5.95. The van der Waals surface area contributed by atoms with E-state index in [-0.39, 0.29) is 6.03 Å². The normalized spacial score (nSPS) is 18.8. The summed E-state index contributed by atoms with van der Waals surface area (Å²) in [7, 11) is 0. The number of piperidine rings is 1. The molecule has 0 bridgehead atoms. The van der Waals surface area contributed by atoms with Gasteiger partial charge in [-0.3, -0.25) is 0 Å². The summed E-state index contributed by atoms with van der Waals surface area (Å²) in [6, 6.07) is 8.60. The molecule has 0 radical (unpaired) electrons. The second kappa shape index (κ2) is 7.98. The predicted molar refractivity (Wildman–Crippen MR) is 106 cm³/mol. The maximum Gasteiger partial charge on any atom is 0.317 e. The first-order valence-corrected chi connectivity index (χ1v) is 10.1. The van der Waals surface area contributed by atoms with Gasteiger partial charge in [-0.15, -0.1) is 0 Å². The van der Waals surface area contributed by atoms with Crippen LogP contribution in [0.3, 0.4) is 0 Å². The van der Waals surface area contributed by atoms with E-state index >= 15 is 0 Å².